The summed E-state index contributed by atoms with van der Waals surface area (Å²) in [5, 5.41) is 11.0. The van der Waals surface area contributed by atoms with Gasteiger partial charge in [-0.2, -0.15) is 5.10 Å². The minimum Gasteiger partial charge on any atom is -0.378 e. The Morgan fingerprint density at radius 3 is 2.83 bits per heavy atom. The second-order valence-corrected chi connectivity index (χ2v) is 6.19. The fourth-order valence-electron chi connectivity index (χ4n) is 3.64. The molecule has 1 heterocycles. The van der Waals surface area contributed by atoms with Crippen molar-refractivity contribution in [2.75, 3.05) is 13.7 Å². The van der Waals surface area contributed by atoms with E-state index in [9.17, 15) is 0 Å². The molecule has 0 aromatic carbocycles. The van der Waals surface area contributed by atoms with Gasteiger partial charge < -0.3 is 15.4 Å². The SMILES string of the molecule is CCOC1CC(NC(=NC)NCc2ncnn2C)C12CCC2.I. The highest BCUT2D eigenvalue weighted by Gasteiger charge is 2.59. The first kappa shape index (κ1) is 18.4. The quantitative estimate of drug-likeness (QED) is 0.417. The van der Waals surface area contributed by atoms with Gasteiger partial charge in [-0.15, -0.1) is 24.0 Å². The van der Waals surface area contributed by atoms with Crippen molar-refractivity contribution in [2.45, 2.75) is 51.3 Å². The van der Waals surface area contributed by atoms with Crippen LogP contribution in [0.5, 0.6) is 0 Å². The van der Waals surface area contributed by atoms with Crippen LogP contribution in [0.2, 0.25) is 0 Å². The summed E-state index contributed by atoms with van der Waals surface area (Å²) in [4.78, 5) is 8.54. The average molecular weight is 434 g/mol. The van der Waals surface area contributed by atoms with Crippen LogP contribution in [0.25, 0.3) is 0 Å². The summed E-state index contributed by atoms with van der Waals surface area (Å²) in [5.41, 5.74) is 0.332. The van der Waals surface area contributed by atoms with Crippen LogP contribution in [-0.2, 0) is 18.3 Å². The Labute approximate surface area is 154 Å². The Morgan fingerprint density at radius 1 is 1.52 bits per heavy atom. The first-order valence-corrected chi connectivity index (χ1v) is 8.11. The average Bonchev–Trinajstić information content (AvgIpc) is 2.84. The van der Waals surface area contributed by atoms with Gasteiger partial charge in [-0.3, -0.25) is 9.67 Å². The summed E-state index contributed by atoms with van der Waals surface area (Å²) in [6, 6.07) is 0.462. The van der Waals surface area contributed by atoms with Crippen LogP contribution in [0.15, 0.2) is 11.3 Å². The van der Waals surface area contributed by atoms with E-state index in [1.807, 2.05) is 7.05 Å². The van der Waals surface area contributed by atoms with Gasteiger partial charge in [-0.05, 0) is 26.2 Å². The molecule has 1 aromatic heterocycles. The number of aromatic nitrogens is 3. The summed E-state index contributed by atoms with van der Waals surface area (Å²) in [6.45, 7) is 3.50. The molecule has 2 aliphatic rings. The lowest BCUT2D eigenvalue weighted by atomic mass is 9.51. The van der Waals surface area contributed by atoms with E-state index in [0.717, 1.165) is 24.8 Å². The fraction of sp³-hybridized carbons (Fsp3) is 0.800. The number of hydrogen-bond donors (Lipinski definition) is 2. The zero-order chi connectivity index (χ0) is 15.6. The normalized spacial score (nSPS) is 25.3. The third-order valence-corrected chi connectivity index (χ3v) is 5.19. The van der Waals surface area contributed by atoms with Crippen molar-refractivity contribution in [3.63, 3.8) is 0 Å². The molecule has 2 N–H and O–H groups in total. The molecule has 0 amide bonds. The zero-order valence-electron chi connectivity index (χ0n) is 14.1. The Kier molecular flexibility index (Phi) is 6.24. The van der Waals surface area contributed by atoms with Gasteiger partial charge in [0.25, 0.3) is 0 Å². The predicted octanol–water partition coefficient (Wildman–Crippen LogP) is 1.45. The van der Waals surface area contributed by atoms with Crippen LogP contribution in [0, 0.1) is 5.41 Å². The van der Waals surface area contributed by atoms with Crippen LogP contribution in [-0.4, -0.2) is 46.5 Å². The lowest BCUT2D eigenvalue weighted by molar-refractivity contribution is -0.168. The lowest BCUT2D eigenvalue weighted by Gasteiger charge is -2.61. The van der Waals surface area contributed by atoms with Crippen molar-refractivity contribution >= 4 is 29.9 Å². The molecule has 130 valence electrons. The molecule has 7 nitrogen and oxygen atoms in total. The highest BCUT2D eigenvalue weighted by molar-refractivity contribution is 14.0. The van der Waals surface area contributed by atoms with Crippen molar-refractivity contribution in [3.8, 4) is 0 Å². The molecule has 0 bridgehead atoms. The Hall–Kier alpha value is -0.900. The minimum absolute atomic E-state index is 0. The number of ether oxygens (including phenoxy) is 1. The molecule has 1 spiro atoms. The molecule has 2 atom stereocenters. The summed E-state index contributed by atoms with van der Waals surface area (Å²) in [6.07, 6.45) is 6.88. The maximum absolute atomic E-state index is 5.89. The number of hydrogen-bond acceptors (Lipinski definition) is 4. The first-order valence-electron chi connectivity index (χ1n) is 8.11. The molecule has 0 radical (unpaired) electrons. The third kappa shape index (κ3) is 3.47. The second-order valence-electron chi connectivity index (χ2n) is 6.19. The van der Waals surface area contributed by atoms with Gasteiger partial charge >= 0.3 is 0 Å². The van der Waals surface area contributed by atoms with Crippen molar-refractivity contribution in [1.29, 1.82) is 0 Å². The van der Waals surface area contributed by atoms with Crippen molar-refractivity contribution < 1.29 is 4.74 Å². The smallest absolute Gasteiger partial charge is 0.191 e. The van der Waals surface area contributed by atoms with Gasteiger partial charge in [-0.25, -0.2) is 4.98 Å². The van der Waals surface area contributed by atoms with E-state index in [4.69, 9.17) is 4.74 Å². The zero-order valence-corrected chi connectivity index (χ0v) is 16.4. The molecular formula is C15H27IN6O. The van der Waals surface area contributed by atoms with Crippen LogP contribution in [0.4, 0.5) is 0 Å². The van der Waals surface area contributed by atoms with Gasteiger partial charge in [0.2, 0.25) is 0 Å². The van der Waals surface area contributed by atoms with E-state index in [-0.39, 0.29) is 24.0 Å². The van der Waals surface area contributed by atoms with Crippen molar-refractivity contribution in [1.82, 2.24) is 25.4 Å². The molecule has 2 fully saturated rings. The first-order chi connectivity index (χ1) is 10.7. The number of nitrogens with zero attached hydrogens (tertiary/aromatic N) is 4. The molecule has 1 aromatic rings. The fourth-order valence-corrected chi connectivity index (χ4v) is 3.64. The molecule has 0 aliphatic heterocycles. The van der Waals surface area contributed by atoms with E-state index < -0.39 is 0 Å². The monoisotopic (exact) mass is 434 g/mol. The van der Waals surface area contributed by atoms with E-state index >= 15 is 0 Å². The van der Waals surface area contributed by atoms with E-state index in [1.54, 1.807) is 18.1 Å². The third-order valence-electron chi connectivity index (χ3n) is 5.19. The topological polar surface area (TPSA) is 76.4 Å². The minimum atomic E-state index is 0. The summed E-state index contributed by atoms with van der Waals surface area (Å²) < 4.78 is 7.66. The maximum Gasteiger partial charge on any atom is 0.191 e. The van der Waals surface area contributed by atoms with Gasteiger partial charge in [0.05, 0.1) is 12.6 Å². The number of guanidine groups is 1. The van der Waals surface area contributed by atoms with Gasteiger partial charge in [0.15, 0.2) is 5.96 Å². The Bertz CT molecular complexity index is 542. The number of nitrogens with one attached hydrogen (secondary N) is 2. The van der Waals surface area contributed by atoms with E-state index in [2.05, 4.69) is 32.6 Å². The Morgan fingerprint density at radius 2 is 2.30 bits per heavy atom. The molecule has 2 saturated carbocycles. The van der Waals surface area contributed by atoms with E-state index in [0.29, 0.717) is 24.1 Å². The molecule has 2 aliphatic carbocycles. The van der Waals surface area contributed by atoms with Crippen LogP contribution in [0.1, 0.15) is 38.4 Å². The van der Waals surface area contributed by atoms with Gasteiger partial charge in [-0.1, -0.05) is 6.42 Å². The molecule has 0 saturated heterocycles. The van der Waals surface area contributed by atoms with Crippen LogP contribution in [0.3, 0.4) is 0 Å². The summed E-state index contributed by atoms with van der Waals surface area (Å²) in [7, 11) is 3.69. The molecular weight excluding hydrogens is 407 g/mol. The summed E-state index contributed by atoms with van der Waals surface area (Å²) >= 11 is 0. The predicted molar refractivity (Wildman–Crippen MR) is 99.9 cm³/mol. The highest BCUT2D eigenvalue weighted by Crippen LogP contribution is 2.57. The largest absolute Gasteiger partial charge is 0.378 e. The van der Waals surface area contributed by atoms with E-state index in [1.165, 1.54) is 19.3 Å². The summed E-state index contributed by atoms with van der Waals surface area (Å²) in [5.74, 6) is 1.72. The maximum atomic E-state index is 5.89. The second kappa shape index (κ2) is 7.78. The molecule has 3 rings (SSSR count). The van der Waals surface area contributed by atoms with Crippen LogP contribution >= 0.6 is 24.0 Å². The van der Waals surface area contributed by atoms with Crippen LogP contribution < -0.4 is 10.6 Å². The van der Waals surface area contributed by atoms with Crippen molar-refractivity contribution in [3.05, 3.63) is 12.2 Å². The number of halogens is 1. The van der Waals surface area contributed by atoms with Gasteiger partial charge in [0.1, 0.15) is 12.2 Å². The number of aliphatic imine (C=N–C) groups is 1. The molecule has 2 unspecified atom stereocenters. The number of rotatable bonds is 5. The lowest BCUT2D eigenvalue weighted by Crippen LogP contribution is -2.68. The highest BCUT2D eigenvalue weighted by atomic mass is 127. The standard InChI is InChI=1S/C15H26N6O.HI/c1-4-22-12-8-11(15(12)6-5-7-15)20-14(16-2)17-9-13-18-10-19-21(13)3;/h10-12H,4-9H2,1-3H3,(H2,16,17,20);1H. The molecule has 23 heavy (non-hydrogen) atoms. The van der Waals surface area contributed by atoms with Crippen molar-refractivity contribution in [2.24, 2.45) is 17.5 Å². The van der Waals surface area contributed by atoms with Gasteiger partial charge in [0, 0.05) is 32.2 Å². The Balaban J connectivity index is 0.00000192. The molecule has 8 heteroatoms. The number of aryl methyl sites for hydroxylation is 1.